The van der Waals surface area contributed by atoms with Crippen LogP contribution in [0.15, 0.2) is 65.5 Å². The number of non-ortho nitro benzene ring substituents is 1. The van der Waals surface area contributed by atoms with Crippen molar-refractivity contribution in [3.8, 4) is 11.3 Å². The third-order valence-electron chi connectivity index (χ3n) is 3.87. The Morgan fingerprint density at radius 2 is 1.74 bits per heavy atom. The third kappa shape index (κ3) is 4.43. The predicted octanol–water partition coefficient (Wildman–Crippen LogP) is 2.77. The molecular weight excluding hydrogens is 348 g/mol. The Morgan fingerprint density at radius 3 is 2.37 bits per heavy atom. The summed E-state index contributed by atoms with van der Waals surface area (Å²) in [6.45, 7) is 1.70. The van der Waals surface area contributed by atoms with Crippen molar-refractivity contribution in [1.82, 2.24) is 9.78 Å². The van der Waals surface area contributed by atoms with Crippen LogP contribution in [0.1, 0.15) is 5.56 Å². The molecule has 0 spiro atoms. The molecule has 27 heavy (non-hydrogen) atoms. The molecule has 3 aromatic rings. The summed E-state index contributed by atoms with van der Waals surface area (Å²) >= 11 is 0. The van der Waals surface area contributed by atoms with E-state index in [1.165, 1.54) is 30.3 Å². The maximum atomic E-state index is 12.2. The van der Waals surface area contributed by atoms with E-state index in [4.69, 9.17) is 0 Å². The van der Waals surface area contributed by atoms with Gasteiger partial charge in [-0.3, -0.25) is 19.7 Å². The molecule has 0 aliphatic rings. The van der Waals surface area contributed by atoms with Crippen molar-refractivity contribution >= 4 is 17.3 Å². The topological polar surface area (TPSA) is 107 Å². The molecule has 8 nitrogen and oxygen atoms in total. The van der Waals surface area contributed by atoms with Gasteiger partial charge in [0.1, 0.15) is 6.54 Å². The van der Waals surface area contributed by atoms with Crippen LogP contribution in [0.3, 0.4) is 0 Å². The van der Waals surface area contributed by atoms with Crippen molar-refractivity contribution in [2.75, 3.05) is 5.32 Å². The molecule has 2 aromatic carbocycles. The minimum atomic E-state index is -0.522. The fraction of sp³-hybridized carbons (Fsp3) is 0.105. The molecule has 0 atom stereocenters. The Labute approximate surface area is 154 Å². The SMILES string of the molecule is Cc1ccc(-c2ccc(=O)n(CC(=O)Nc3ccc([N+](=O)[O-])cc3)n2)cc1. The number of benzene rings is 2. The summed E-state index contributed by atoms with van der Waals surface area (Å²) in [5.41, 5.74) is 2.45. The van der Waals surface area contributed by atoms with Crippen LogP contribution in [-0.4, -0.2) is 20.6 Å². The van der Waals surface area contributed by atoms with Gasteiger partial charge in [0, 0.05) is 29.4 Å². The van der Waals surface area contributed by atoms with E-state index in [-0.39, 0.29) is 12.2 Å². The van der Waals surface area contributed by atoms with Gasteiger partial charge in [0.25, 0.3) is 11.2 Å². The molecule has 1 N–H and O–H groups in total. The fourth-order valence-corrected chi connectivity index (χ4v) is 2.44. The molecule has 136 valence electrons. The monoisotopic (exact) mass is 364 g/mol. The molecule has 3 rings (SSSR count). The van der Waals surface area contributed by atoms with Gasteiger partial charge >= 0.3 is 0 Å². The molecule has 0 aliphatic carbocycles. The lowest BCUT2D eigenvalue weighted by Gasteiger charge is -2.08. The van der Waals surface area contributed by atoms with Crippen LogP contribution < -0.4 is 10.9 Å². The lowest BCUT2D eigenvalue weighted by molar-refractivity contribution is -0.384. The number of nitrogens with one attached hydrogen (secondary N) is 1. The number of aryl methyl sites for hydroxylation is 1. The molecular formula is C19H16N4O4. The second kappa shape index (κ2) is 7.61. The van der Waals surface area contributed by atoms with Gasteiger partial charge in [-0.15, -0.1) is 0 Å². The van der Waals surface area contributed by atoms with Crippen LogP contribution in [0.4, 0.5) is 11.4 Å². The first-order chi connectivity index (χ1) is 12.9. The van der Waals surface area contributed by atoms with Gasteiger partial charge in [-0.1, -0.05) is 29.8 Å². The molecule has 0 unspecified atom stereocenters. The number of carbonyl (C=O) groups is 1. The summed E-state index contributed by atoms with van der Waals surface area (Å²) in [6, 6.07) is 16.1. The zero-order valence-electron chi connectivity index (χ0n) is 14.5. The van der Waals surface area contributed by atoms with Crippen molar-refractivity contribution in [2.45, 2.75) is 13.5 Å². The lowest BCUT2D eigenvalue weighted by atomic mass is 10.1. The standard InChI is InChI=1S/C19H16N4O4/c1-13-2-4-14(5-3-13)17-10-11-19(25)22(21-17)12-18(24)20-15-6-8-16(9-7-15)23(26)27/h2-11H,12H2,1H3,(H,20,24). The van der Waals surface area contributed by atoms with Gasteiger partial charge in [-0.05, 0) is 25.1 Å². The number of hydrogen-bond donors (Lipinski definition) is 1. The highest BCUT2D eigenvalue weighted by Crippen LogP contribution is 2.17. The van der Waals surface area contributed by atoms with E-state index in [1.807, 2.05) is 31.2 Å². The molecule has 1 aromatic heterocycles. The number of nitro groups is 1. The van der Waals surface area contributed by atoms with Crippen molar-refractivity contribution < 1.29 is 9.72 Å². The zero-order valence-corrected chi connectivity index (χ0v) is 14.5. The van der Waals surface area contributed by atoms with Crippen LogP contribution in [0, 0.1) is 17.0 Å². The number of nitrogens with zero attached hydrogens (tertiary/aromatic N) is 3. The normalized spacial score (nSPS) is 10.4. The average molecular weight is 364 g/mol. The fourth-order valence-electron chi connectivity index (χ4n) is 2.44. The van der Waals surface area contributed by atoms with E-state index >= 15 is 0 Å². The van der Waals surface area contributed by atoms with Crippen LogP contribution in [0.5, 0.6) is 0 Å². The maximum Gasteiger partial charge on any atom is 0.269 e. The summed E-state index contributed by atoms with van der Waals surface area (Å²) in [5.74, 6) is -0.459. The molecule has 0 saturated carbocycles. The van der Waals surface area contributed by atoms with E-state index < -0.39 is 16.4 Å². The number of carbonyl (C=O) groups excluding carboxylic acids is 1. The van der Waals surface area contributed by atoms with Gasteiger partial charge in [0.2, 0.25) is 5.91 Å². The predicted molar refractivity (Wildman–Crippen MR) is 100 cm³/mol. The zero-order chi connectivity index (χ0) is 19.4. The quantitative estimate of drug-likeness (QED) is 0.553. The highest BCUT2D eigenvalue weighted by atomic mass is 16.6. The summed E-state index contributed by atoms with van der Waals surface area (Å²) in [7, 11) is 0. The van der Waals surface area contributed by atoms with Gasteiger partial charge in [0.15, 0.2) is 0 Å². The Morgan fingerprint density at radius 1 is 1.07 bits per heavy atom. The Kier molecular flexibility index (Phi) is 5.07. The summed E-state index contributed by atoms with van der Waals surface area (Å²) < 4.78 is 1.08. The van der Waals surface area contributed by atoms with E-state index in [0.29, 0.717) is 11.4 Å². The number of hydrogen-bond acceptors (Lipinski definition) is 5. The molecule has 0 bridgehead atoms. The Hall–Kier alpha value is -3.81. The first-order valence-electron chi connectivity index (χ1n) is 8.12. The molecule has 8 heteroatoms. The van der Waals surface area contributed by atoms with Gasteiger partial charge in [-0.25, -0.2) is 4.68 Å². The van der Waals surface area contributed by atoms with Crippen molar-refractivity contribution in [3.63, 3.8) is 0 Å². The number of aromatic nitrogens is 2. The Balaban J connectivity index is 1.75. The summed E-state index contributed by atoms with van der Waals surface area (Å²) in [5, 5.41) is 17.5. The van der Waals surface area contributed by atoms with E-state index in [1.54, 1.807) is 6.07 Å². The van der Waals surface area contributed by atoms with Gasteiger partial charge in [-0.2, -0.15) is 5.10 Å². The van der Waals surface area contributed by atoms with Crippen molar-refractivity contribution in [2.24, 2.45) is 0 Å². The smallest absolute Gasteiger partial charge is 0.269 e. The summed E-state index contributed by atoms with van der Waals surface area (Å²) in [6.07, 6.45) is 0. The van der Waals surface area contributed by atoms with Crippen LogP contribution >= 0.6 is 0 Å². The summed E-state index contributed by atoms with van der Waals surface area (Å²) in [4.78, 5) is 34.3. The Bertz CT molecular complexity index is 1040. The minimum absolute atomic E-state index is 0.0725. The first-order valence-corrected chi connectivity index (χ1v) is 8.12. The molecule has 0 fully saturated rings. The second-order valence-corrected chi connectivity index (χ2v) is 5.93. The number of nitro benzene ring substituents is 1. The highest BCUT2D eigenvalue weighted by Gasteiger charge is 2.10. The van der Waals surface area contributed by atoms with Crippen molar-refractivity contribution in [3.05, 3.63) is 86.7 Å². The minimum Gasteiger partial charge on any atom is -0.324 e. The average Bonchev–Trinajstić information content (AvgIpc) is 2.64. The van der Waals surface area contributed by atoms with E-state index in [0.717, 1.165) is 15.8 Å². The van der Waals surface area contributed by atoms with Crippen LogP contribution in [0.25, 0.3) is 11.3 Å². The second-order valence-electron chi connectivity index (χ2n) is 5.93. The van der Waals surface area contributed by atoms with Crippen molar-refractivity contribution in [1.29, 1.82) is 0 Å². The van der Waals surface area contributed by atoms with Crippen LogP contribution in [0.2, 0.25) is 0 Å². The molecule has 1 heterocycles. The molecule has 1 amide bonds. The molecule has 0 saturated heterocycles. The lowest BCUT2D eigenvalue weighted by Crippen LogP contribution is -2.29. The van der Waals surface area contributed by atoms with Gasteiger partial charge < -0.3 is 5.32 Å². The largest absolute Gasteiger partial charge is 0.324 e. The number of anilines is 1. The van der Waals surface area contributed by atoms with E-state index in [2.05, 4.69) is 10.4 Å². The molecule has 0 aliphatic heterocycles. The van der Waals surface area contributed by atoms with Crippen LogP contribution in [-0.2, 0) is 11.3 Å². The number of amides is 1. The maximum absolute atomic E-state index is 12.2. The third-order valence-corrected chi connectivity index (χ3v) is 3.87. The highest BCUT2D eigenvalue weighted by molar-refractivity contribution is 5.90. The molecule has 0 radical (unpaired) electrons. The first kappa shape index (κ1) is 18.0. The van der Waals surface area contributed by atoms with E-state index in [9.17, 15) is 19.7 Å². The van der Waals surface area contributed by atoms with Gasteiger partial charge in [0.05, 0.1) is 10.6 Å². The number of rotatable bonds is 5.